The highest BCUT2D eigenvalue weighted by Crippen LogP contribution is 2.26. The molecular weight excluding hydrogens is 242 g/mol. The average molecular weight is 258 g/mol. The van der Waals surface area contributed by atoms with Crippen LogP contribution in [0.5, 0.6) is 0 Å². The fourth-order valence-corrected chi connectivity index (χ4v) is 2.73. The van der Waals surface area contributed by atoms with Crippen LogP contribution in [-0.4, -0.2) is 6.54 Å². The smallest absolute Gasteiger partial charge is 0.0406 e. The Balaban J connectivity index is 1.71. The van der Waals surface area contributed by atoms with Gasteiger partial charge in [0.25, 0.3) is 0 Å². The first kappa shape index (κ1) is 11.6. The summed E-state index contributed by atoms with van der Waals surface area (Å²) in [6.07, 6.45) is 2.27. The number of rotatable bonds is 2. The van der Waals surface area contributed by atoms with Crippen molar-refractivity contribution in [1.82, 2.24) is 0 Å². The van der Waals surface area contributed by atoms with Crippen molar-refractivity contribution in [2.24, 2.45) is 5.92 Å². The molecule has 1 atom stereocenters. The highest BCUT2D eigenvalue weighted by atomic mass is 35.5. The van der Waals surface area contributed by atoms with Gasteiger partial charge in [-0.15, -0.1) is 0 Å². The normalized spacial score (nSPS) is 17.9. The molecule has 0 aromatic heterocycles. The number of nitrogens with one attached hydrogen (secondary N) is 1. The molecular formula is C16H16ClN. The van der Waals surface area contributed by atoms with Crippen LogP contribution < -0.4 is 5.32 Å². The molecule has 0 radical (unpaired) electrons. The topological polar surface area (TPSA) is 12.0 Å². The van der Waals surface area contributed by atoms with Gasteiger partial charge in [-0.05, 0) is 48.1 Å². The summed E-state index contributed by atoms with van der Waals surface area (Å²) in [5.74, 6) is 0.668. The fraction of sp³-hybridized carbons (Fsp3) is 0.250. The average Bonchev–Trinajstić information content (AvgIpc) is 2.41. The first-order valence-corrected chi connectivity index (χ1v) is 6.75. The summed E-state index contributed by atoms with van der Waals surface area (Å²) in [4.78, 5) is 0. The lowest BCUT2D eigenvalue weighted by Crippen LogP contribution is -2.24. The highest BCUT2D eigenvalue weighted by Gasteiger charge is 2.17. The molecule has 1 aliphatic heterocycles. The van der Waals surface area contributed by atoms with Crippen LogP contribution in [0.25, 0.3) is 0 Å². The van der Waals surface area contributed by atoms with Crippen LogP contribution in [0.3, 0.4) is 0 Å². The molecule has 1 aliphatic rings. The maximum absolute atomic E-state index is 5.91. The van der Waals surface area contributed by atoms with Gasteiger partial charge in [0.05, 0.1) is 0 Å². The van der Waals surface area contributed by atoms with Crippen molar-refractivity contribution in [3.63, 3.8) is 0 Å². The largest absolute Gasteiger partial charge is 0.385 e. The van der Waals surface area contributed by atoms with E-state index in [0.29, 0.717) is 5.92 Å². The molecule has 0 bridgehead atoms. The minimum atomic E-state index is 0.668. The van der Waals surface area contributed by atoms with Crippen molar-refractivity contribution < 1.29 is 0 Å². The van der Waals surface area contributed by atoms with Crippen LogP contribution in [0, 0.1) is 5.92 Å². The Morgan fingerprint density at radius 3 is 2.67 bits per heavy atom. The van der Waals surface area contributed by atoms with Gasteiger partial charge in [0.1, 0.15) is 0 Å². The molecule has 0 saturated carbocycles. The molecule has 3 rings (SSSR count). The number of anilines is 1. The molecule has 0 fully saturated rings. The molecule has 1 N–H and O–H groups in total. The van der Waals surface area contributed by atoms with Gasteiger partial charge in [0.2, 0.25) is 0 Å². The van der Waals surface area contributed by atoms with E-state index >= 15 is 0 Å². The van der Waals surface area contributed by atoms with Gasteiger partial charge in [-0.25, -0.2) is 0 Å². The Morgan fingerprint density at radius 1 is 1.06 bits per heavy atom. The predicted octanol–water partition coefficient (Wildman–Crippen LogP) is 4.17. The van der Waals surface area contributed by atoms with Crippen molar-refractivity contribution in [2.75, 3.05) is 11.9 Å². The zero-order valence-electron chi connectivity index (χ0n) is 10.2. The predicted molar refractivity (Wildman–Crippen MR) is 77.3 cm³/mol. The molecule has 1 nitrogen and oxygen atoms in total. The van der Waals surface area contributed by atoms with E-state index in [1.807, 2.05) is 12.1 Å². The summed E-state index contributed by atoms with van der Waals surface area (Å²) < 4.78 is 0. The Hall–Kier alpha value is -1.47. The third-order valence-corrected chi connectivity index (χ3v) is 3.80. The Kier molecular flexibility index (Phi) is 3.24. The maximum Gasteiger partial charge on any atom is 0.0406 e. The first-order valence-electron chi connectivity index (χ1n) is 6.37. The van der Waals surface area contributed by atoms with Gasteiger partial charge >= 0.3 is 0 Å². The zero-order chi connectivity index (χ0) is 12.4. The number of benzene rings is 2. The van der Waals surface area contributed by atoms with Crippen LogP contribution in [0.15, 0.2) is 48.5 Å². The van der Waals surface area contributed by atoms with Crippen LogP contribution in [-0.2, 0) is 12.8 Å². The minimum absolute atomic E-state index is 0.668. The van der Waals surface area contributed by atoms with Gasteiger partial charge in [0, 0.05) is 17.3 Å². The third-order valence-electron chi connectivity index (χ3n) is 3.54. The van der Waals surface area contributed by atoms with Gasteiger partial charge in [0.15, 0.2) is 0 Å². The second-order valence-corrected chi connectivity index (χ2v) is 5.38. The first-order chi connectivity index (χ1) is 8.81. The molecule has 0 aliphatic carbocycles. The third kappa shape index (κ3) is 2.51. The number of hydrogen-bond acceptors (Lipinski definition) is 1. The summed E-state index contributed by atoms with van der Waals surface area (Å²) in [5, 5.41) is 4.33. The Labute approximate surface area is 113 Å². The summed E-state index contributed by atoms with van der Waals surface area (Å²) >= 11 is 5.91. The van der Waals surface area contributed by atoms with E-state index in [2.05, 4.69) is 41.7 Å². The van der Waals surface area contributed by atoms with Crippen molar-refractivity contribution in [2.45, 2.75) is 12.8 Å². The Morgan fingerprint density at radius 2 is 1.83 bits per heavy atom. The van der Waals surface area contributed by atoms with Crippen LogP contribution >= 0.6 is 11.6 Å². The minimum Gasteiger partial charge on any atom is -0.385 e. The summed E-state index contributed by atoms with van der Waals surface area (Å²) in [6, 6.07) is 16.8. The van der Waals surface area contributed by atoms with Crippen molar-refractivity contribution >= 4 is 17.3 Å². The summed E-state index contributed by atoms with van der Waals surface area (Å²) in [6.45, 7) is 1.06. The van der Waals surface area contributed by atoms with E-state index in [9.17, 15) is 0 Å². The summed E-state index contributed by atoms with van der Waals surface area (Å²) in [5.41, 5.74) is 4.10. The lowest BCUT2D eigenvalue weighted by Gasteiger charge is -2.26. The molecule has 0 spiro atoms. The van der Waals surface area contributed by atoms with Crippen LogP contribution in [0.4, 0.5) is 5.69 Å². The summed E-state index contributed by atoms with van der Waals surface area (Å²) in [7, 11) is 0. The van der Waals surface area contributed by atoms with Crippen molar-refractivity contribution in [3.05, 3.63) is 64.7 Å². The van der Waals surface area contributed by atoms with E-state index in [0.717, 1.165) is 24.4 Å². The molecule has 1 heterocycles. The second kappa shape index (κ2) is 5.03. The van der Waals surface area contributed by atoms with E-state index in [-0.39, 0.29) is 0 Å². The standard InChI is InChI=1S/C16H16ClN/c17-15-7-5-12(6-8-15)9-13-10-14-3-1-2-4-16(14)18-11-13/h1-8,13,18H,9-11H2. The quantitative estimate of drug-likeness (QED) is 0.852. The monoisotopic (exact) mass is 257 g/mol. The molecule has 2 heteroatoms. The lowest BCUT2D eigenvalue weighted by atomic mass is 9.89. The van der Waals surface area contributed by atoms with Gasteiger partial charge < -0.3 is 5.32 Å². The van der Waals surface area contributed by atoms with E-state index in [4.69, 9.17) is 11.6 Å². The van der Waals surface area contributed by atoms with Crippen LogP contribution in [0.2, 0.25) is 5.02 Å². The molecule has 2 aromatic carbocycles. The molecule has 0 saturated heterocycles. The van der Waals surface area contributed by atoms with Gasteiger partial charge in [-0.1, -0.05) is 41.9 Å². The number of fused-ring (bicyclic) bond motifs is 1. The van der Waals surface area contributed by atoms with E-state index in [1.54, 1.807) is 0 Å². The maximum atomic E-state index is 5.91. The van der Waals surface area contributed by atoms with Crippen molar-refractivity contribution in [3.8, 4) is 0 Å². The number of para-hydroxylation sites is 1. The van der Waals surface area contributed by atoms with E-state index in [1.165, 1.54) is 16.8 Å². The zero-order valence-corrected chi connectivity index (χ0v) is 11.0. The SMILES string of the molecule is Clc1ccc(CC2CNc3ccccc3C2)cc1. The highest BCUT2D eigenvalue weighted by molar-refractivity contribution is 6.30. The molecule has 2 aromatic rings. The van der Waals surface area contributed by atoms with Crippen LogP contribution in [0.1, 0.15) is 11.1 Å². The molecule has 92 valence electrons. The number of hydrogen-bond donors (Lipinski definition) is 1. The van der Waals surface area contributed by atoms with Crippen molar-refractivity contribution in [1.29, 1.82) is 0 Å². The van der Waals surface area contributed by atoms with Gasteiger partial charge in [-0.2, -0.15) is 0 Å². The lowest BCUT2D eigenvalue weighted by molar-refractivity contribution is 0.535. The number of halogens is 1. The molecule has 1 unspecified atom stereocenters. The van der Waals surface area contributed by atoms with Gasteiger partial charge in [-0.3, -0.25) is 0 Å². The second-order valence-electron chi connectivity index (χ2n) is 4.94. The van der Waals surface area contributed by atoms with E-state index < -0.39 is 0 Å². The Bertz CT molecular complexity index is 533. The molecule has 18 heavy (non-hydrogen) atoms. The molecule has 0 amide bonds. The fourth-order valence-electron chi connectivity index (χ4n) is 2.61.